The highest BCUT2D eigenvalue weighted by atomic mass is 28.4. The van der Waals surface area contributed by atoms with Crippen LogP contribution in [0.2, 0.25) is 36.3 Å². The highest BCUT2D eigenvalue weighted by Crippen LogP contribution is 2.42. The van der Waals surface area contributed by atoms with Gasteiger partial charge in [0.05, 0.1) is 26.2 Å². The Kier molecular flexibility index (Phi) is 9.27. The monoisotopic (exact) mass is 362 g/mol. The molecule has 0 aliphatic carbocycles. The van der Waals surface area contributed by atoms with Gasteiger partial charge in [-0.1, -0.05) is 41.5 Å². The van der Waals surface area contributed by atoms with E-state index in [2.05, 4.69) is 61.2 Å². The summed E-state index contributed by atoms with van der Waals surface area (Å²) in [4.78, 5) is 11.7. The summed E-state index contributed by atoms with van der Waals surface area (Å²) < 4.78 is 17.6. The average molecular weight is 363 g/mol. The van der Waals surface area contributed by atoms with Gasteiger partial charge in [0.1, 0.15) is 0 Å². The van der Waals surface area contributed by atoms with Gasteiger partial charge in [-0.2, -0.15) is 0 Å². The third-order valence-electron chi connectivity index (χ3n) is 4.37. The SMILES string of the molecule is COC(=O)C[C@@H](CO[Si](C(C)C)(C(C)C)C(C)C)O[Si](C)(C)C. The van der Waals surface area contributed by atoms with Gasteiger partial charge >= 0.3 is 5.97 Å². The maximum absolute atomic E-state index is 11.7. The second-order valence-electron chi connectivity index (χ2n) is 8.26. The van der Waals surface area contributed by atoms with Crippen LogP contribution in [0.15, 0.2) is 0 Å². The van der Waals surface area contributed by atoms with Crippen LogP contribution in [0, 0.1) is 0 Å². The summed E-state index contributed by atoms with van der Waals surface area (Å²) in [7, 11) is -2.27. The molecule has 0 fully saturated rings. The maximum Gasteiger partial charge on any atom is 0.308 e. The quantitative estimate of drug-likeness (QED) is 0.407. The predicted molar refractivity (Wildman–Crippen MR) is 102 cm³/mol. The molecule has 0 aliphatic heterocycles. The molecule has 0 aromatic carbocycles. The van der Waals surface area contributed by atoms with Crippen molar-refractivity contribution >= 4 is 22.6 Å². The molecule has 0 bridgehead atoms. The Morgan fingerprint density at radius 3 is 1.65 bits per heavy atom. The summed E-state index contributed by atoms with van der Waals surface area (Å²) in [6, 6.07) is 0. The molecule has 0 heterocycles. The molecular weight excluding hydrogens is 324 g/mol. The molecule has 0 N–H and O–H groups in total. The first-order valence-electron chi connectivity index (χ1n) is 8.75. The second kappa shape index (κ2) is 9.34. The Morgan fingerprint density at radius 1 is 0.913 bits per heavy atom. The lowest BCUT2D eigenvalue weighted by Crippen LogP contribution is -2.50. The van der Waals surface area contributed by atoms with E-state index in [1.165, 1.54) is 7.11 Å². The van der Waals surface area contributed by atoms with Gasteiger partial charge in [0.15, 0.2) is 16.6 Å². The van der Waals surface area contributed by atoms with Gasteiger partial charge < -0.3 is 13.6 Å². The molecule has 0 aliphatic rings. The first-order chi connectivity index (χ1) is 10.4. The van der Waals surface area contributed by atoms with Crippen LogP contribution in [0.1, 0.15) is 48.0 Å². The fraction of sp³-hybridized carbons (Fsp3) is 0.941. The van der Waals surface area contributed by atoms with Crippen LogP contribution in [-0.4, -0.2) is 42.4 Å². The predicted octanol–water partition coefficient (Wildman–Crippen LogP) is 4.96. The molecule has 0 amide bonds. The van der Waals surface area contributed by atoms with Crippen molar-refractivity contribution in [3.8, 4) is 0 Å². The summed E-state index contributed by atoms with van der Waals surface area (Å²) >= 11 is 0. The molecule has 0 spiro atoms. The van der Waals surface area contributed by atoms with Gasteiger partial charge in [-0.15, -0.1) is 0 Å². The molecule has 0 saturated carbocycles. The van der Waals surface area contributed by atoms with E-state index in [0.717, 1.165) is 0 Å². The van der Waals surface area contributed by atoms with E-state index in [1.54, 1.807) is 0 Å². The zero-order valence-corrected chi connectivity index (χ0v) is 18.9. The van der Waals surface area contributed by atoms with Crippen LogP contribution < -0.4 is 0 Å². The van der Waals surface area contributed by atoms with Crippen LogP contribution in [0.25, 0.3) is 0 Å². The van der Waals surface area contributed by atoms with Gasteiger partial charge in [0, 0.05) is 0 Å². The van der Waals surface area contributed by atoms with Crippen molar-refractivity contribution in [2.75, 3.05) is 13.7 Å². The molecule has 0 saturated heterocycles. The van der Waals surface area contributed by atoms with Crippen molar-refractivity contribution in [3.05, 3.63) is 0 Å². The summed E-state index contributed by atoms with van der Waals surface area (Å²) in [5.74, 6) is -0.234. The number of carbonyl (C=O) groups excluding carboxylic acids is 1. The van der Waals surface area contributed by atoms with Gasteiger partial charge in [-0.3, -0.25) is 4.79 Å². The highest BCUT2D eigenvalue weighted by Gasteiger charge is 2.45. The molecular formula is C17H38O4Si2. The lowest BCUT2D eigenvalue weighted by molar-refractivity contribution is -0.143. The number of carbonyl (C=O) groups is 1. The molecule has 23 heavy (non-hydrogen) atoms. The van der Waals surface area contributed by atoms with E-state index in [9.17, 15) is 4.79 Å². The van der Waals surface area contributed by atoms with Crippen molar-refractivity contribution in [1.82, 2.24) is 0 Å². The van der Waals surface area contributed by atoms with Crippen molar-refractivity contribution in [2.45, 2.75) is 90.3 Å². The molecule has 4 nitrogen and oxygen atoms in total. The second-order valence-corrected chi connectivity index (χ2v) is 18.2. The van der Waals surface area contributed by atoms with E-state index >= 15 is 0 Å². The molecule has 138 valence electrons. The lowest BCUT2D eigenvalue weighted by atomic mass is 10.3. The Hall–Kier alpha value is -0.176. The maximum atomic E-state index is 11.7. The van der Waals surface area contributed by atoms with E-state index in [4.69, 9.17) is 13.6 Å². The number of rotatable bonds is 10. The van der Waals surface area contributed by atoms with Gasteiger partial charge in [-0.25, -0.2) is 0 Å². The smallest absolute Gasteiger partial charge is 0.308 e. The molecule has 0 unspecified atom stereocenters. The summed E-state index contributed by atoms with van der Waals surface area (Å²) in [5, 5.41) is 0. The number of ether oxygens (including phenoxy) is 1. The number of hydrogen-bond donors (Lipinski definition) is 0. The van der Waals surface area contributed by atoms with Crippen LogP contribution in [-0.2, 0) is 18.4 Å². The Labute approximate surface area is 145 Å². The molecule has 0 rings (SSSR count). The molecule has 0 aromatic heterocycles. The lowest BCUT2D eigenvalue weighted by Gasteiger charge is -2.43. The van der Waals surface area contributed by atoms with Gasteiger partial charge in [-0.05, 0) is 36.3 Å². The normalized spacial score (nSPS) is 14.7. The van der Waals surface area contributed by atoms with Crippen molar-refractivity contribution < 1.29 is 18.4 Å². The first-order valence-corrected chi connectivity index (χ1v) is 14.3. The number of methoxy groups -OCH3 is 1. The van der Waals surface area contributed by atoms with Crippen molar-refractivity contribution in [2.24, 2.45) is 0 Å². The van der Waals surface area contributed by atoms with Crippen LogP contribution in [0.4, 0.5) is 0 Å². The minimum Gasteiger partial charge on any atom is -0.469 e. The van der Waals surface area contributed by atoms with Crippen molar-refractivity contribution in [1.29, 1.82) is 0 Å². The summed E-state index contributed by atoms with van der Waals surface area (Å²) in [6.07, 6.45) is 0.0525. The number of esters is 1. The third kappa shape index (κ3) is 7.07. The fourth-order valence-corrected chi connectivity index (χ4v) is 10.3. The van der Waals surface area contributed by atoms with Crippen LogP contribution in [0.5, 0.6) is 0 Å². The summed E-state index contributed by atoms with van der Waals surface area (Å²) in [5.41, 5.74) is 1.56. The van der Waals surface area contributed by atoms with Crippen LogP contribution in [0.3, 0.4) is 0 Å². The first kappa shape index (κ1) is 22.8. The van der Waals surface area contributed by atoms with E-state index in [1.807, 2.05) is 0 Å². The van der Waals surface area contributed by atoms with Crippen molar-refractivity contribution in [3.63, 3.8) is 0 Å². The number of hydrogen-bond acceptors (Lipinski definition) is 4. The van der Waals surface area contributed by atoms with E-state index < -0.39 is 16.6 Å². The summed E-state index contributed by atoms with van der Waals surface area (Å²) in [6.45, 7) is 20.5. The molecule has 0 radical (unpaired) electrons. The zero-order valence-electron chi connectivity index (χ0n) is 16.9. The zero-order chi connectivity index (χ0) is 18.4. The fourth-order valence-electron chi connectivity index (χ4n) is 3.64. The molecule has 6 heteroatoms. The Bertz CT molecular complexity index is 340. The average Bonchev–Trinajstić information content (AvgIpc) is 2.35. The van der Waals surface area contributed by atoms with E-state index in [-0.39, 0.29) is 18.5 Å². The minimum atomic E-state index is -1.94. The van der Waals surface area contributed by atoms with Gasteiger partial charge in [0.25, 0.3) is 0 Å². The standard InChI is InChI=1S/C17H38O4Si2/c1-13(2)23(14(3)4,15(5)6)20-12-16(11-17(18)19-7)21-22(8,9)10/h13-16H,11-12H2,1-10H3/t16-/m0/s1. The van der Waals surface area contributed by atoms with E-state index in [0.29, 0.717) is 23.2 Å². The van der Waals surface area contributed by atoms with Gasteiger partial charge in [0.2, 0.25) is 0 Å². The molecule has 1 atom stereocenters. The topological polar surface area (TPSA) is 44.8 Å². The third-order valence-corrected chi connectivity index (χ3v) is 11.5. The largest absolute Gasteiger partial charge is 0.469 e. The highest BCUT2D eigenvalue weighted by molar-refractivity contribution is 6.77. The van der Waals surface area contributed by atoms with Crippen LogP contribution >= 0.6 is 0 Å². The Balaban J connectivity index is 5.20. The Morgan fingerprint density at radius 2 is 1.35 bits per heavy atom. The molecule has 0 aromatic rings. The minimum absolute atomic E-state index is 0.211.